The van der Waals surface area contributed by atoms with Gasteiger partial charge in [-0.3, -0.25) is 14.2 Å². The highest BCUT2D eigenvalue weighted by atomic mass is 16.1. The summed E-state index contributed by atoms with van der Waals surface area (Å²) in [5, 5.41) is 11.6. The van der Waals surface area contributed by atoms with Gasteiger partial charge in [0.2, 0.25) is 0 Å². The molecular weight excluding hydrogens is 304 g/mol. The monoisotopic (exact) mass is 330 g/mol. The van der Waals surface area contributed by atoms with Crippen molar-refractivity contribution in [2.45, 2.75) is 38.9 Å². The molecule has 0 aliphatic carbocycles. The van der Waals surface area contributed by atoms with Gasteiger partial charge in [-0.2, -0.15) is 10.2 Å². The number of nitrogens with zero attached hydrogens (tertiary/aromatic N) is 5. The summed E-state index contributed by atoms with van der Waals surface area (Å²) in [5.41, 5.74) is 1.78. The second kappa shape index (κ2) is 7.17. The highest BCUT2D eigenvalue weighted by Gasteiger charge is 2.26. The Bertz CT molecular complexity index is 675. The molecule has 1 N–H and O–H groups in total. The Morgan fingerprint density at radius 3 is 3.00 bits per heavy atom. The highest BCUT2D eigenvalue weighted by molar-refractivity contribution is 5.95. The number of amides is 1. The van der Waals surface area contributed by atoms with Crippen molar-refractivity contribution in [2.24, 2.45) is 5.92 Å². The van der Waals surface area contributed by atoms with E-state index in [1.807, 2.05) is 28.6 Å². The number of carbonyl (C=O) groups is 1. The van der Waals surface area contributed by atoms with Gasteiger partial charge in [0.15, 0.2) is 0 Å². The van der Waals surface area contributed by atoms with Gasteiger partial charge in [-0.25, -0.2) is 0 Å². The van der Waals surface area contributed by atoms with Crippen LogP contribution in [0.25, 0.3) is 0 Å². The van der Waals surface area contributed by atoms with Crippen LogP contribution in [0, 0.1) is 5.92 Å². The van der Waals surface area contributed by atoms with Gasteiger partial charge in [0.25, 0.3) is 5.91 Å². The van der Waals surface area contributed by atoms with Gasteiger partial charge in [0.05, 0.1) is 24.0 Å². The molecule has 0 bridgehead atoms. The Labute approximate surface area is 142 Å². The molecule has 2 aromatic rings. The molecule has 3 heterocycles. The van der Waals surface area contributed by atoms with E-state index in [1.54, 1.807) is 12.4 Å². The molecule has 1 amide bonds. The third-order valence-electron chi connectivity index (χ3n) is 4.45. The first-order chi connectivity index (χ1) is 11.5. The summed E-state index contributed by atoms with van der Waals surface area (Å²) in [6, 6.07) is 1.89. The normalized spacial score (nSPS) is 18.4. The number of nitrogens with one attached hydrogen (secondary N) is 1. The van der Waals surface area contributed by atoms with Crippen molar-refractivity contribution < 1.29 is 4.79 Å². The van der Waals surface area contributed by atoms with Crippen LogP contribution in [0.3, 0.4) is 0 Å². The van der Waals surface area contributed by atoms with Gasteiger partial charge in [-0.15, -0.1) is 0 Å². The minimum absolute atomic E-state index is 0.00844. The van der Waals surface area contributed by atoms with Gasteiger partial charge in [-0.05, 0) is 45.8 Å². The smallest absolute Gasteiger partial charge is 0.255 e. The number of aryl methyl sites for hydroxylation is 1. The van der Waals surface area contributed by atoms with E-state index >= 15 is 0 Å². The molecule has 7 nitrogen and oxygen atoms in total. The Morgan fingerprint density at radius 2 is 2.29 bits per heavy atom. The maximum Gasteiger partial charge on any atom is 0.255 e. The Kier molecular flexibility index (Phi) is 4.99. The van der Waals surface area contributed by atoms with E-state index in [2.05, 4.69) is 34.5 Å². The van der Waals surface area contributed by atoms with Crippen molar-refractivity contribution in [1.82, 2.24) is 29.8 Å². The number of rotatable bonds is 6. The van der Waals surface area contributed by atoms with E-state index in [4.69, 9.17) is 0 Å². The minimum Gasteiger partial charge on any atom is -0.348 e. The van der Waals surface area contributed by atoms with Gasteiger partial charge < -0.3 is 10.2 Å². The Balaban J connectivity index is 1.65. The van der Waals surface area contributed by atoms with Crippen LogP contribution in [-0.2, 0) is 19.5 Å². The zero-order valence-electron chi connectivity index (χ0n) is 14.6. The van der Waals surface area contributed by atoms with Crippen molar-refractivity contribution in [3.63, 3.8) is 0 Å². The highest BCUT2D eigenvalue weighted by Crippen LogP contribution is 2.23. The van der Waals surface area contributed by atoms with Crippen molar-refractivity contribution in [3.8, 4) is 0 Å². The van der Waals surface area contributed by atoms with E-state index in [1.165, 1.54) is 0 Å². The van der Waals surface area contributed by atoms with E-state index in [0.29, 0.717) is 18.0 Å². The zero-order valence-corrected chi connectivity index (χ0v) is 14.6. The van der Waals surface area contributed by atoms with E-state index in [-0.39, 0.29) is 11.9 Å². The van der Waals surface area contributed by atoms with Crippen LogP contribution in [0.2, 0.25) is 0 Å². The number of aromatic nitrogens is 4. The molecular formula is C17H26N6O. The summed E-state index contributed by atoms with van der Waals surface area (Å²) in [7, 11) is 4.19. The molecule has 3 rings (SSSR count). The first kappa shape index (κ1) is 16.7. The second-order valence-corrected chi connectivity index (χ2v) is 6.95. The molecule has 0 radical (unpaired) electrons. The average molecular weight is 330 g/mol. The lowest BCUT2D eigenvalue weighted by molar-refractivity contribution is 0.0934. The van der Waals surface area contributed by atoms with Crippen molar-refractivity contribution >= 4 is 5.91 Å². The molecule has 0 saturated carbocycles. The molecule has 0 spiro atoms. The van der Waals surface area contributed by atoms with E-state index < -0.39 is 0 Å². The summed E-state index contributed by atoms with van der Waals surface area (Å²) in [6.45, 7) is 4.59. The summed E-state index contributed by atoms with van der Waals surface area (Å²) in [6.07, 6.45) is 7.38. The van der Waals surface area contributed by atoms with Crippen LogP contribution >= 0.6 is 0 Å². The van der Waals surface area contributed by atoms with Crippen molar-refractivity contribution in [1.29, 1.82) is 0 Å². The zero-order chi connectivity index (χ0) is 17.1. The van der Waals surface area contributed by atoms with Crippen LogP contribution in [0.5, 0.6) is 0 Å². The SMILES string of the molecule is C[C@H](Cn1cccn1)NC(=O)c1cnn2c1C[C@@H](CN(C)C)CC2. The van der Waals surface area contributed by atoms with Gasteiger partial charge in [0.1, 0.15) is 0 Å². The molecule has 0 unspecified atom stereocenters. The van der Waals surface area contributed by atoms with Gasteiger partial charge >= 0.3 is 0 Å². The first-order valence-corrected chi connectivity index (χ1v) is 8.50. The number of hydrogen-bond donors (Lipinski definition) is 1. The fourth-order valence-electron chi connectivity index (χ4n) is 3.40. The van der Waals surface area contributed by atoms with E-state index in [9.17, 15) is 4.79 Å². The summed E-state index contributed by atoms with van der Waals surface area (Å²) >= 11 is 0. The largest absolute Gasteiger partial charge is 0.348 e. The maximum atomic E-state index is 12.6. The molecule has 24 heavy (non-hydrogen) atoms. The van der Waals surface area contributed by atoms with Crippen LogP contribution in [0.15, 0.2) is 24.7 Å². The van der Waals surface area contributed by atoms with Gasteiger partial charge in [0, 0.05) is 31.5 Å². The van der Waals surface area contributed by atoms with Crippen molar-refractivity contribution in [3.05, 3.63) is 35.9 Å². The van der Waals surface area contributed by atoms with E-state index in [0.717, 1.165) is 31.6 Å². The first-order valence-electron chi connectivity index (χ1n) is 8.50. The van der Waals surface area contributed by atoms with Crippen LogP contribution in [0.1, 0.15) is 29.4 Å². The third-order valence-corrected chi connectivity index (χ3v) is 4.45. The molecule has 130 valence electrons. The molecule has 0 fully saturated rings. The Hall–Kier alpha value is -2.15. The lowest BCUT2D eigenvalue weighted by Gasteiger charge is -2.26. The summed E-state index contributed by atoms with van der Waals surface area (Å²) < 4.78 is 3.81. The minimum atomic E-state index is -0.0404. The van der Waals surface area contributed by atoms with Crippen LogP contribution in [-0.4, -0.2) is 57.1 Å². The lowest BCUT2D eigenvalue weighted by atomic mass is 9.94. The molecule has 0 aromatic carbocycles. The standard InChI is InChI=1S/C17H26N6O/c1-13(11-22-7-4-6-18-22)20-17(24)15-10-19-23-8-5-14(9-16(15)23)12-21(2)3/h4,6-7,10,13-14H,5,8-9,11-12H2,1-3H3,(H,20,24)/t13-,14+/m1/s1. The fourth-order valence-corrected chi connectivity index (χ4v) is 3.40. The van der Waals surface area contributed by atoms with Crippen LogP contribution < -0.4 is 5.32 Å². The third kappa shape index (κ3) is 3.84. The molecule has 2 atom stereocenters. The number of fused-ring (bicyclic) bond motifs is 1. The predicted octanol–water partition coefficient (Wildman–Crippen LogP) is 1.02. The number of hydrogen-bond acceptors (Lipinski definition) is 4. The lowest BCUT2D eigenvalue weighted by Crippen LogP contribution is -2.37. The second-order valence-electron chi connectivity index (χ2n) is 6.95. The molecule has 2 aromatic heterocycles. The van der Waals surface area contributed by atoms with Crippen molar-refractivity contribution in [2.75, 3.05) is 20.6 Å². The molecule has 1 aliphatic rings. The topological polar surface area (TPSA) is 68.0 Å². The fraction of sp³-hybridized carbons (Fsp3) is 0.588. The molecule has 0 saturated heterocycles. The van der Waals surface area contributed by atoms with Crippen LogP contribution in [0.4, 0.5) is 0 Å². The predicted molar refractivity (Wildman–Crippen MR) is 91.7 cm³/mol. The summed E-state index contributed by atoms with van der Waals surface area (Å²) in [5.74, 6) is 0.540. The van der Waals surface area contributed by atoms with Gasteiger partial charge in [-0.1, -0.05) is 0 Å². The Morgan fingerprint density at radius 1 is 1.46 bits per heavy atom. The average Bonchev–Trinajstić information content (AvgIpc) is 3.15. The molecule has 1 aliphatic heterocycles. The maximum absolute atomic E-state index is 12.6. The summed E-state index contributed by atoms with van der Waals surface area (Å²) in [4.78, 5) is 14.9. The molecule has 7 heteroatoms. The number of carbonyl (C=O) groups excluding carboxylic acids is 1. The quantitative estimate of drug-likeness (QED) is 0.859.